The number of amides is 2. The largest absolute Gasteiger partial charge is 0.368 e. The summed E-state index contributed by atoms with van der Waals surface area (Å²) >= 11 is 0. The van der Waals surface area contributed by atoms with Gasteiger partial charge in [-0.3, -0.25) is 9.59 Å². The zero-order chi connectivity index (χ0) is 25.9. The van der Waals surface area contributed by atoms with E-state index in [1.165, 1.54) is 0 Å². The Morgan fingerprint density at radius 1 is 1.00 bits per heavy atom. The highest BCUT2D eigenvalue weighted by Gasteiger charge is 2.25. The van der Waals surface area contributed by atoms with E-state index in [1.54, 1.807) is 11.4 Å². The molecule has 4 heterocycles. The van der Waals surface area contributed by atoms with Crippen LogP contribution in [0.4, 0.5) is 17.3 Å². The summed E-state index contributed by atoms with van der Waals surface area (Å²) in [7, 11) is 4.03. The van der Waals surface area contributed by atoms with Crippen molar-refractivity contribution in [2.24, 2.45) is 0 Å². The van der Waals surface area contributed by atoms with Gasteiger partial charge in [0, 0.05) is 56.6 Å². The number of likely N-dealkylation sites (tertiary alicyclic amines) is 1. The number of benzene rings is 1. The number of aromatic nitrogens is 3. The first-order valence-electron chi connectivity index (χ1n) is 13.1. The highest BCUT2D eigenvalue weighted by atomic mass is 16.2. The van der Waals surface area contributed by atoms with Crippen LogP contribution < -0.4 is 15.5 Å². The quantitative estimate of drug-likeness (QED) is 0.533. The van der Waals surface area contributed by atoms with Gasteiger partial charge in [-0.15, -0.1) is 5.10 Å². The first-order chi connectivity index (χ1) is 17.9. The van der Waals surface area contributed by atoms with Crippen LogP contribution in [0.25, 0.3) is 5.65 Å². The fourth-order valence-electron chi connectivity index (χ4n) is 5.32. The molecule has 0 saturated carbocycles. The van der Waals surface area contributed by atoms with E-state index >= 15 is 0 Å². The van der Waals surface area contributed by atoms with E-state index in [1.807, 2.05) is 48.5 Å². The van der Waals surface area contributed by atoms with Crippen molar-refractivity contribution in [2.45, 2.75) is 44.7 Å². The molecule has 0 atom stereocenters. The van der Waals surface area contributed by atoms with E-state index < -0.39 is 0 Å². The Bertz CT molecular complexity index is 1240. The minimum Gasteiger partial charge on any atom is -0.368 e. The monoisotopic (exact) mass is 504 g/mol. The lowest BCUT2D eigenvalue weighted by Crippen LogP contribution is -2.44. The molecule has 37 heavy (non-hydrogen) atoms. The Labute approximate surface area is 217 Å². The second-order valence-electron chi connectivity index (χ2n) is 10.2. The van der Waals surface area contributed by atoms with E-state index in [0.717, 1.165) is 68.9 Å². The van der Waals surface area contributed by atoms with E-state index in [4.69, 9.17) is 4.98 Å². The van der Waals surface area contributed by atoms with Gasteiger partial charge in [0.1, 0.15) is 0 Å². The van der Waals surface area contributed by atoms with Crippen molar-refractivity contribution in [1.82, 2.24) is 29.7 Å². The first-order valence-corrected chi connectivity index (χ1v) is 13.1. The molecule has 2 N–H and O–H groups in total. The lowest BCUT2D eigenvalue weighted by atomic mass is 10.0. The molecular formula is C27H36N8O2. The molecule has 10 heteroatoms. The molecule has 2 aliphatic rings. The maximum absolute atomic E-state index is 13.0. The molecule has 2 aromatic heterocycles. The molecule has 2 amide bonds. The van der Waals surface area contributed by atoms with Gasteiger partial charge in [-0.1, -0.05) is 0 Å². The molecule has 2 aliphatic heterocycles. The predicted molar refractivity (Wildman–Crippen MR) is 144 cm³/mol. The molecular weight excluding hydrogens is 468 g/mol. The summed E-state index contributed by atoms with van der Waals surface area (Å²) in [6.45, 7) is 5.31. The summed E-state index contributed by atoms with van der Waals surface area (Å²) in [6.07, 6.45) is 5.71. The van der Waals surface area contributed by atoms with Crippen LogP contribution in [-0.4, -0.2) is 88.6 Å². The minimum absolute atomic E-state index is 0.0235. The van der Waals surface area contributed by atoms with E-state index in [-0.39, 0.29) is 23.9 Å². The average molecular weight is 505 g/mol. The molecule has 1 aromatic carbocycles. The number of hydrogen-bond donors (Lipinski definition) is 2. The molecule has 2 saturated heterocycles. The van der Waals surface area contributed by atoms with Gasteiger partial charge in [-0.05, 0) is 82.2 Å². The molecule has 2 fully saturated rings. The number of anilines is 3. The van der Waals surface area contributed by atoms with Gasteiger partial charge in [-0.2, -0.15) is 4.98 Å². The third-order valence-electron chi connectivity index (χ3n) is 7.53. The minimum atomic E-state index is 0.0235. The van der Waals surface area contributed by atoms with E-state index in [0.29, 0.717) is 11.5 Å². The normalized spacial score (nSPS) is 17.6. The van der Waals surface area contributed by atoms with Gasteiger partial charge in [-0.25, -0.2) is 4.52 Å². The average Bonchev–Trinajstić information content (AvgIpc) is 3.31. The summed E-state index contributed by atoms with van der Waals surface area (Å²) in [4.78, 5) is 35.6. The van der Waals surface area contributed by atoms with Crippen molar-refractivity contribution in [3.8, 4) is 0 Å². The van der Waals surface area contributed by atoms with Gasteiger partial charge in [0.25, 0.3) is 5.91 Å². The molecule has 0 unspecified atom stereocenters. The third kappa shape index (κ3) is 5.69. The number of fused-ring (bicyclic) bond motifs is 1. The Hall–Kier alpha value is -3.66. The summed E-state index contributed by atoms with van der Waals surface area (Å²) in [5.74, 6) is 0.581. The summed E-state index contributed by atoms with van der Waals surface area (Å²) in [5, 5.41) is 10.9. The molecule has 0 radical (unpaired) electrons. The van der Waals surface area contributed by atoms with Gasteiger partial charge in [0.2, 0.25) is 11.9 Å². The molecule has 0 bridgehead atoms. The Balaban J connectivity index is 1.24. The Morgan fingerprint density at radius 3 is 2.38 bits per heavy atom. The van der Waals surface area contributed by atoms with Crippen LogP contribution in [-0.2, 0) is 4.79 Å². The standard InChI is InChI=1S/C27H36N8O2/c1-19(36)28-22-10-17-34(18-11-22)24-5-4-14-35-25(24)30-27(31-35)29-21-8-6-20(7-9-21)26(37)33(3)23-12-15-32(2)16-13-23/h4-9,14,22-23H,10-13,15-18H2,1-3H3,(H,28,36)(H,29,31). The Morgan fingerprint density at radius 2 is 1.70 bits per heavy atom. The smallest absolute Gasteiger partial charge is 0.253 e. The second kappa shape index (κ2) is 10.8. The lowest BCUT2D eigenvalue weighted by Gasteiger charge is -2.35. The maximum Gasteiger partial charge on any atom is 0.253 e. The molecule has 3 aromatic rings. The van der Waals surface area contributed by atoms with E-state index in [9.17, 15) is 9.59 Å². The van der Waals surface area contributed by atoms with Crippen LogP contribution >= 0.6 is 0 Å². The zero-order valence-corrected chi connectivity index (χ0v) is 21.9. The number of nitrogens with one attached hydrogen (secondary N) is 2. The summed E-state index contributed by atoms with van der Waals surface area (Å²) in [5.41, 5.74) is 3.32. The van der Waals surface area contributed by atoms with Crippen molar-refractivity contribution < 1.29 is 9.59 Å². The van der Waals surface area contributed by atoms with Crippen LogP contribution in [0.5, 0.6) is 0 Å². The molecule has 0 aliphatic carbocycles. The van der Waals surface area contributed by atoms with Crippen molar-refractivity contribution in [2.75, 3.05) is 50.5 Å². The number of rotatable bonds is 6. The van der Waals surface area contributed by atoms with Crippen LogP contribution in [0.2, 0.25) is 0 Å². The number of nitrogens with zero attached hydrogens (tertiary/aromatic N) is 6. The fourth-order valence-corrected chi connectivity index (χ4v) is 5.32. The number of piperidine rings is 2. The van der Waals surface area contributed by atoms with Gasteiger partial charge >= 0.3 is 0 Å². The molecule has 196 valence electrons. The number of carbonyl (C=O) groups excluding carboxylic acids is 2. The lowest BCUT2D eigenvalue weighted by molar-refractivity contribution is -0.119. The predicted octanol–water partition coefficient (Wildman–Crippen LogP) is 2.74. The molecule has 5 rings (SSSR count). The van der Waals surface area contributed by atoms with Crippen LogP contribution in [0, 0.1) is 0 Å². The highest BCUT2D eigenvalue weighted by Crippen LogP contribution is 2.26. The SMILES string of the molecule is CC(=O)NC1CCN(c2cccn3nc(Nc4ccc(C(=O)N(C)C5CCN(C)CC5)cc4)nc23)CC1. The number of hydrogen-bond acceptors (Lipinski definition) is 7. The van der Waals surface area contributed by atoms with E-state index in [2.05, 4.69) is 38.6 Å². The second-order valence-corrected chi connectivity index (χ2v) is 10.2. The van der Waals surface area contributed by atoms with Gasteiger partial charge in [0.05, 0.1) is 5.69 Å². The summed E-state index contributed by atoms with van der Waals surface area (Å²) in [6, 6.07) is 12.1. The van der Waals surface area contributed by atoms with Crippen molar-refractivity contribution in [1.29, 1.82) is 0 Å². The number of pyridine rings is 1. The van der Waals surface area contributed by atoms with Crippen molar-refractivity contribution >= 4 is 34.8 Å². The Kier molecular flexibility index (Phi) is 7.27. The zero-order valence-electron chi connectivity index (χ0n) is 21.9. The topological polar surface area (TPSA) is 98.1 Å². The van der Waals surface area contributed by atoms with Crippen LogP contribution in [0.1, 0.15) is 43.0 Å². The molecule has 0 spiro atoms. The fraction of sp³-hybridized carbons (Fsp3) is 0.481. The van der Waals surface area contributed by atoms with Crippen molar-refractivity contribution in [3.05, 3.63) is 48.2 Å². The highest BCUT2D eigenvalue weighted by molar-refractivity contribution is 5.94. The van der Waals surface area contributed by atoms with Crippen molar-refractivity contribution in [3.63, 3.8) is 0 Å². The third-order valence-corrected chi connectivity index (χ3v) is 7.53. The van der Waals surface area contributed by atoms with Gasteiger partial charge in [0.15, 0.2) is 5.65 Å². The first kappa shape index (κ1) is 25.0. The van der Waals surface area contributed by atoms with Crippen LogP contribution in [0.15, 0.2) is 42.6 Å². The summed E-state index contributed by atoms with van der Waals surface area (Å²) < 4.78 is 1.78. The number of carbonyl (C=O) groups is 2. The van der Waals surface area contributed by atoms with Crippen LogP contribution in [0.3, 0.4) is 0 Å². The maximum atomic E-state index is 13.0. The molecule has 10 nitrogen and oxygen atoms in total. The van der Waals surface area contributed by atoms with Gasteiger partial charge < -0.3 is 25.3 Å².